The van der Waals surface area contributed by atoms with Crippen molar-refractivity contribution in [3.05, 3.63) is 60.3 Å². The van der Waals surface area contributed by atoms with Crippen LogP contribution in [0, 0.1) is 0 Å². The molecule has 2 heterocycles. The lowest BCUT2D eigenvalue weighted by Gasteiger charge is -2.08. The van der Waals surface area contributed by atoms with Crippen LogP contribution in [0.4, 0.5) is 11.8 Å². The van der Waals surface area contributed by atoms with Crippen LogP contribution >= 0.6 is 0 Å². The summed E-state index contributed by atoms with van der Waals surface area (Å²) >= 11 is 0. The van der Waals surface area contributed by atoms with E-state index in [-0.39, 0.29) is 5.95 Å². The number of nitrogen functional groups attached to an aromatic ring is 2. The second kappa shape index (κ2) is 4.73. The molecule has 0 bridgehead atoms. The van der Waals surface area contributed by atoms with E-state index >= 15 is 0 Å². The quantitative estimate of drug-likeness (QED) is 0.594. The Bertz CT molecular complexity index is 973. The highest BCUT2D eigenvalue weighted by molar-refractivity contribution is 6.10. The van der Waals surface area contributed by atoms with Crippen LogP contribution in [-0.2, 0) is 6.54 Å². The van der Waals surface area contributed by atoms with Gasteiger partial charge in [-0.2, -0.15) is 4.98 Å². The third-order valence-corrected chi connectivity index (χ3v) is 3.85. The van der Waals surface area contributed by atoms with Crippen molar-refractivity contribution >= 4 is 33.6 Å². The van der Waals surface area contributed by atoms with Crippen LogP contribution in [0.15, 0.2) is 54.7 Å². The van der Waals surface area contributed by atoms with Gasteiger partial charge in [0.15, 0.2) is 0 Å². The minimum atomic E-state index is 0.202. The second-order valence-electron chi connectivity index (χ2n) is 5.29. The van der Waals surface area contributed by atoms with Crippen molar-refractivity contribution in [3.63, 3.8) is 0 Å². The summed E-state index contributed by atoms with van der Waals surface area (Å²) in [6.45, 7) is 0.811. The molecule has 0 unspecified atom stereocenters. The van der Waals surface area contributed by atoms with Crippen molar-refractivity contribution in [1.82, 2.24) is 14.5 Å². The van der Waals surface area contributed by atoms with E-state index in [1.165, 1.54) is 5.56 Å². The van der Waals surface area contributed by atoms with Gasteiger partial charge in [0, 0.05) is 23.6 Å². The average Bonchev–Trinajstić information content (AvgIpc) is 2.90. The zero-order valence-electron chi connectivity index (χ0n) is 11.9. The predicted molar refractivity (Wildman–Crippen MR) is 89.4 cm³/mol. The molecule has 4 aromatic rings. The number of rotatable bonds is 2. The maximum absolute atomic E-state index is 6.04. The highest BCUT2D eigenvalue weighted by Gasteiger charge is 2.10. The zero-order valence-corrected chi connectivity index (χ0v) is 11.9. The molecular weight excluding hydrogens is 274 g/mol. The van der Waals surface area contributed by atoms with Crippen LogP contribution in [0.25, 0.3) is 21.8 Å². The number of nitrogens with two attached hydrogens (primary N) is 2. The molecule has 2 aromatic carbocycles. The van der Waals surface area contributed by atoms with Gasteiger partial charge in [0.2, 0.25) is 5.95 Å². The Morgan fingerprint density at radius 1 is 0.909 bits per heavy atom. The first-order valence-corrected chi connectivity index (χ1v) is 7.07. The Hall–Kier alpha value is -3.08. The number of nitrogens with zero attached hydrogens (tertiary/aromatic N) is 3. The normalized spacial score (nSPS) is 11.3. The summed E-state index contributed by atoms with van der Waals surface area (Å²) in [5.74, 6) is 0.624. The van der Waals surface area contributed by atoms with Crippen molar-refractivity contribution in [1.29, 1.82) is 0 Å². The molecule has 0 fully saturated rings. The summed E-state index contributed by atoms with van der Waals surface area (Å²) < 4.78 is 2.19. The monoisotopic (exact) mass is 289 g/mol. The zero-order chi connectivity index (χ0) is 15.1. The van der Waals surface area contributed by atoms with Gasteiger partial charge in [-0.1, -0.05) is 30.3 Å². The summed E-state index contributed by atoms with van der Waals surface area (Å²) in [7, 11) is 0. The maximum atomic E-state index is 6.04. The summed E-state index contributed by atoms with van der Waals surface area (Å²) in [4.78, 5) is 8.34. The van der Waals surface area contributed by atoms with Gasteiger partial charge in [0.1, 0.15) is 5.82 Å². The van der Waals surface area contributed by atoms with Crippen molar-refractivity contribution in [2.75, 3.05) is 11.5 Å². The molecule has 0 aliphatic heterocycles. The molecule has 0 amide bonds. The van der Waals surface area contributed by atoms with Gasteiger partial charge in [-0.05, 0) is 23.8 Å². The number of aromatic nitrogens is 3. The molecule has 0 spiro atoms. The molecule has 0 aliphatic rings. The SMILES string of the molecule is Nc1nc(N)c2c(ccc3c2ccn3Cc2ccccc2)n1. The largest absolute Gasteiger partial charge is 0.383 e. The van der Waals surface area contributed by atoms with E-state index in [1.807, 2.05) is 30.3 Å². The van der Waals surface area contributed by atoms with Gasteiger partial charge in [0.05, 0.1) is 10.9 Å². The molecule has 22 heavy (non-hydrogen) atoms. The van der Waals surface area contributed by atoms with Crippen molar-refractivity contribution < 1.29 is 0 Å². The number of hydrogen-bond acceptors (Lipinski definition) is 4. The summed E-state index contributed by atoms with van der Waals surface area (Å²) in [6.07, 6.45) is 2.06. The molecule has 0 aliphatic carbocycles. The van der Waals surface area contributed by atoms with Crippen molar-refractivity contribution in [2.45, 2.75) is 6.54 Å². The minimum absolute atomic E-state index is 0.202. The lowest BCUT2D eigenvalue weighted by molar-refractivity contribution is 0.837. The minimum Gasteiger partial charge on any atom is -0.383 e. The number of anilines is 2. The number of fused-ring (bicyclic) bond motifs is 3. The lowest BCUT2D eigenvalue weighted by Crippen LogP contribution is -2.01. The Labute approximate surface area is 127 Å². The topological polar surface area (TPSA) is 82.7 Å². The highest BCUT2D eigenvalue weighted by atomic mass is 15.0. The standard InChI is InChI=1S/C17H15N5/c18-16-15-12-8-9-22(10-11-4-2-1-3-5-11)14(12)7-6-13(15)20-17(19)21-16/h1-9H,10H2,(H4,18,19,20,21). The molecule has 4 rings (SSSR count). The summed E-state index contributed by atoms with van der Waals surface area (Å²) in [5.41, 5.74) is 14.8. The molecule has 0 saturated heterocycles. The van der Waals surface area contributed by atoms with E-state index in [0.29, 0.717) is 5.82 Å². The molecule has 5 heteroatoms. The van der Waals surface area contributed by atoms with Crippen LogP contribution in [0.2, 0.25) is 0 Å². The first kappa shape index (κ1) is 12.6. The average molecular weight is 289 g/mol. The molecule has 0 radical (unpaired) electrons. The molecule has 2 aromatic heterocycles. The van der Waals surface area contributed by atoms with Crippen LogP contribution in [0.3, 0.4) is 0 Å². The second-order valence-corrected chi connectivity index (χ2v) is 5.29. The number of hydrogen-bond donors (Lipinski definition) is 2. The van der Waals surface area contributed by atoms with Crippen LogP contribution in [0.1, 0.15) is 5.56 Å². The van der Waals surface area contributed by atoms with Crippen molar-refractivity contribution in [3.8, 4) is 0 Å². The fourth-order valence-corrected chi connectivity index (χ4v) is 2.87. The highest BCUT2D eigenvalue weighted by Crippen LogP contribution is 2.29. The molecule has 108 valence electrons. The van der Waals surface area contributed by atoms with Crippen LogP contribution < -0.4 is 11.5 Å². The predicted octanol–water partition coefficient (Wildman–Crippen LogP) is 2.80. The fourth-order valence-electron chi connectivity index (χ4n) is 2.87. The number of benzene rings is 2. The summed E-state index contributed by atoms with van der Waals surface area (Å²) in [5, 5.41) is 1.91. The Morgan fingerprint density at radius 3 is 2.55 bits per heavy atom. The Morgan fingerprint density at radius 2 is 1.73 bits per heavy atom. The van der Waals surface area contributed by atoms with Crippen LogP contribution in [-0.4, -0.2) is 14.5 Å². The van der Waals surface area contributed by atoms with E-state index in [4.69, 9.17) is 11.5 Å². The molecule has 0 saturated carbocycles. The van der Waals surface area contributed by atoms with E-state index in [1.54, 1.807) is 0 Å². The summed E-state index contributed by atoms with van der Waals surface area (Å²) in [6, 6.07) is 16.4. The first-order chi connectivity index (χ1) is 10.7. The van der Waals surface area contributed by atoms with Gasteiger partial charge in [-0.15, -0.1) is 0 Å². The molecular formula is C17H15N5. The molecule has 5 nitrogen and oxygen atoms in total. The van der Waals surface area contributed by atoms with Gasteiger partial charge in [0.25, 0.3) is 0 Å². The Balaban J connectivity index is 1.91. The molecule has 0 atom stereocenters. The van der Waals surface area contributed by atoms with Gasteiger partial charge >= 0.3 is 0 Å². The van der Waals surface area contributed by atoms with Crippen molar-refractivity contribution in [2.24, 2.45) is 0 Å². The third-order valence-electron chi connectivity index (χ3n) is 3.85. The third kappa shape index (κ3) is 1.95. The van der Waals surface area contributed by atoms with E-state index in [0.717, 1.165) is 28.4 Å². The smallest absolute Gasteiger partial charge is 0.222 e. The van der Waals surface area contributed by atoms with E-state index in [9.17, 15) is 0 Å². The van der Waals surface area contributed by atoms with Gasteiger partial charge in [-0.25, -0.2) is 4.98 Å². The first-order valence-electron chi connectivity index (χ1n) is 7.07. The van der Waals surface area contributed by atoms with E-state index < -0.39 is 0 Å². The maximum Gasteiger partial charge on any atom is 0.222 e. The van der Waals surface area contributed by atoms with Gasteiger partial charge < -0.3 is 16.0 Å². The fraction of sp³-hybridized carbons (Fsp3) is 0.0588. The molecule has 4 N–H and O–H groups in total. The van der Waals surface area contributed by atoms with Crippen LogP contribution in [0.5, 0.6) is 0 Å². The Kier molecular flexibility index (Phi) is 2.72. The lowest BCUT2D eigenvalue weighted by atomic mass is 10.1. The van der Waals surface area contributed by atoms with Gasteiger partial charge in [-0.3, -0.25) is 0 Å². The van der Waals surface area contributed by atoms with E-state index in [2.05, 4.69) is 38.9 Å².